The first-order chi connectivity index (χ1) is 9.78. The van der Waals surface area contributed by atoms with Crippen LogP contribution in [-0.2, 0) is 0 Å². The summed E-state index contributed by atoms with van der Waals surface area (Å²) >= 11 is 5.98. The molecular formula is C15H21ClN4. The summed E-state index contributed by atoms with van der Waals surface area (Å²) in [6.07, 6.45) is 9.05. The fourth-order valence-corrected chi connectivity index (χ4v) is 3.38. The van der Waals surface area contributed by atoms with Crippen molar-refractivity contribution < 1.29 is 0 Å². The quantitative estimate of drug-likeness (QED) is 0.846. The smallest absolute Gasteiger partial charge is 0.178 e. The van der Waals surface area contributed by atoms with Gasteiger partial charge >= 0.3 is 0 Å². The van der Waals surface area contributed by atoms with E-state index in [1.165, 1.54) is 44.9 Å². The summed E-state index contributed by atoms with van der Waals surface area (Å²) in [6, 6.07) is 3.63. The van der Waals surface area contributed by atoms with Gasteiger partial charge in [-0.15, -0.1) is 10.2 Å². The van der Waals surface area contributed by atoms with Gasteiger partial charge in [-0.3, -0.25) is 0 Å². The molecule has 2 aromatic heterocycles. The molecule has 0 unspecified atom stereocenters. The minimum absolute atomic E-state index is 0.480. The maximum absolute atomic E-state index is 5.98. The van der Waals surface area contributed by atoms with Crippen LogP contribution >= 0.6 is 11.6 Å². The molecule has 1 aliphatic rings. The van der Waals surface area contributed by atoms with E-state index < -0.39 is 0 Å². The molecule has 1 fully saturated rings. The molecule has 0 spiro atoms. The van der Waals surface area contributed by atoms with Crippen molar-refractivity contribution in [3.63, 3.8) is 0 Å². The van der Waals surface area contributed by atoms with E-state index in [1.54, 1.807) is 6.07 Å². The largest absolute Gasteiger partial charge is 0.196 e. The highest BCUT2D eigenvalue weighted by molar-refractivity contribution is 6.29. The summed E-state index contributed by atoms with van der Waals surface area (Å²) in [5.74, 6) is 2.37. The number of halogens is 1. The molecule has 4 nitrogen and oxygen atoms in total. The molecule has 0 bridgehead atoms. The Morgan fingerprint density at radius 2 is 2.00 bits per heavy atom. The van der Waals surface area contributed by atoms with Gasteiger partial charge < -0.3 is 0 Å². The lowest BCUT2D eigenvalue weighted by Gasteiger charge is -2.27. The van der Waals surface area contributed by atoms with Crippen molar-refractivity contribution in [1.82, 2.24) is 19.8 Å². The normalized spacial score (nSPS) is 23.3. The van der Waals surface area contributed by atoms with Gasteiger partial charge in [-0.05, 0) is 43.7 Å². The first kappa shape index (κ1) is 13.8. The molecule has 0 radical (unpaired) electrons. The van der Waals surface area contributed by atoms with Crippen LogP contribution in [0.25, 0.3) is 5.65 Å². The molecule has 0 aliphatic heterocycles. The van der Waals surface area contributed by atoms with Crippen LogP contribution in [-0.4, -0.2) is 19.8 Å². The van der Waals surface area contributed by atoms with E-state index >= 15 is 0 Å². The zero-order valence-electron chi connectivity index (χ0n) is 11.9. The Labute approximate surface area is 124 Å². The topological polar surface area (TPSA) is 43.1 Å². The zero-order chi connectivity index (χ0) is 13.9. The van der Waals surface area contributed by atoms with Crippen LogP contribution < -0.4 is 0 Å². The number of nitrogens with zero attached hydrogens (tertiary/aromatic N) is 4. The predicted molar refractivity (Wildman–Crippen MR) is 80.0 cm³/mol. The second kappa shape index (κ2) is 6.08. The summed E-state index contributed by atoms with van der Waals surface area (Å²) in [4.78, 5) is 0. The van der Waals surface area contributed by atoms with Gasteiger partial charge in [0.05, 0.1) is 0 Å². The average Bonchev–Trinajstić information content (AvgIpc) is 2.88. The summed E-state index contributed by atoms with van der Waals surface area (Å²) in [5.41, 5.74) is 0.789. The highest BCUT2D eigenvalue weighted by Crippen LogP contribution is 2.36. The molecule has 2 aromatic rings. The maximum atomic E-state index is 5.98. The van der Waals surface area contributed by atoms with Crippen LogP contribution in [0.3, 0.4) is 0 Å². The number of hydrogen-bond acceptors (Lipinski definition) is 3. The van der Waals surface area contributed by atoms with Crippen LogP contribution in [0.15, 0.2) is 12.1 Å². The van der Waals surface area contributed by atoms with Gasteiger partial charge in [-0.25, -0.2) is 0 Å². The van der Waals surface area contributed by atoms with Crippen molar-refractivity contribution in [2.75, 3.05) is 0 Å². The van der Waals surface area contributed by atoms with Crippen LogP contribution in [0, 0.1) is 5.92 Å². The van der Waals surface area contributed by atoms with Crippen molar-refractivity contribution in [2.24, 2.45) is 5.92 Å². The van der Waals surface area contributed by atoms with Gasteiger partial charge in [0.25, 0.3) is 0 Å². The third kappa shape index (κ3) is 2.80. The minimum atomic E-state index is 0.480. The second-order valence-corrected chi connectivity index (χ2v) is 6.23. The van der Waals surface area contributed by atoms with E-state index in [4.69, 9.17) is 11.6 Å². The van der Waals surface area contributed by atoms with Gasteiger partial charge in [0.1, 0.15) is 5.15 Å². The van der Waals surface area contributed by atoms with Gasteiger partial charge in [0, 0.05) is 5.92 Å². The number of hydrogen-bond donors (Lipinski definition) is 0. The molecule has 5 heteroatoms. The molecule has 1 saturated carbocycles. The molecule has 0 N–H and O–H groups in total. The van der Waals surface area contributed by atoms with Crippen LogP contribution in [0.1, 0.15) is 63.6 Å². The van der Waals surface area contributed by atoms with Crippen molar-refractivity contribution in [1.29, 1.82) is 0 Å². The number of aromatic nitrogens is 4. The van der Waals surface area contributed by atoms with Gasteiger partial charge in [0.15, 0.2) is 11.5 Å². The lowest BCUT2D eigenvalue weighted by Crippen LogP contribution is -2.16. The maximum Gasteiger partial charge on any atom is 0.178 e. The Kier molecular flexibility index (Phi) is 4.20. The van der Waals surface area contributed by atoms with Crippen molar-refractivity contribution in [3.8, 4) is 0 Å². The Balaban J connectivity index is 1.72. The van der Waals surface area contributed by atoms with Crippen molar-refractivity contribution >= 4 is 17.2 Å². The average molecular weight is 293 g/mol. The van der Waals surface area contributed by atoms with Crippen molar-refractivity contribution in [2.45, 2.75) is 57.8 Å². The highest BCUT2D eigenvalue weighted by Gasteiger charge is 2.25. The first-order valence-corrected chi connectivity index (χ1v) is 8.03. The van der Waals surface area contributed by atoms with Crippen LogP contribution in [0.5, 0.6) is 0 Å². The molecule has 1 aliphatic carbocycles. The Hall–Kier alpha value is -1.16. The highest BCUT2D eigenvalue weighted by atomic mass is 35.5. The standard InChI is InChI=1S/C15H21ClN4/c1-2-3-4-11-5-7-12(8-6-11)15-18-17-14-10-9-13(16)19-20(14)15/h9-12H,2-8H2,1H3. The van der Waals surface area contributed by atoms with Gasteiger partial charge in [-0.1, -0.05) is 37.8 Å². The third-order valence-corrected chi connectivity index (χ3v) is 4.63. The Morgan fingerprint density at radius 1 is 1.20 bits per heavy atom. The lowest BCUT2D eigenvalue weighted by atomic mass is 9.79. The van der Waals surface area contributed by atoms with Crippen LogP contribution in [0.2, 0.25) is 5.15 Å². The molecule has 2 heterocycles. The molecule has 0 saturated heterocycles. The Morgan fingerprint density at radius 3 is 2.75 bits per heavy atom. The summed E-state index contributed by atoms with van der Waals surface area (Å²) < 4.78 is 1.82. The SMILES string of the molecule is CCCCC1CCC(c2nnc3ccc(Cl)nn23)CC1. The molecule has 3 rings (SSSR count). The zero-order valence-corrected chi connectivity index (χ0v) is 12.7. The molecule has 20 heavy (non-hydrogen) atoms. The number of rotatable bonds is 4. The van der Waals surface area contributed by atoms with E-state index in [-0.39, 0.29) is 0 Å². The van der Waals surface area contributed by atoms with E-state index in [0.717, 1.165) is 17.4 Å². The van der Waals surface area contributed by atoms with Gasteiger partial charge in [0.2, 0.25) is 0 Å². The lowest BCUT2D eigenvalue weighted by molar-refractivity contribution is 0.296. The fourth-order valence-electron chi connectivity index (χ4n) is 3.24. The molecule has 0 atom stereocenters. The summed E-state index contributed by atoms with van der Waals surface area (Å²) in [5, 5.41) is 13.4. The summed E-state index contributed by atoms with van der Waals surface area (Å²) in [6.45, 7) is 2.27. The third-order valence-electron chi connectivity index (χ3n) is 4.43. The molecule has 108 valence electrons. The fraction of sp³-hybridized carbons (Fsp3) is 0.667. The monoisotopic (exact) mass is 292 g/mol. The number of fused-ring (bicyclic) bond motifs is 1. The van der Waals surface area contributed by atoms with Crippen LogP contribution in [0.4, 0.5) is 0 Å². The first-order valence-electron chi connectivity index (χ1n) is 7.65. The van der Waals surface area contributed by atoms with E-state index in [1.807, 2.05) is 10.6 Å². The number of unbranched alkanes of at least 4 members (excludes halogenated alkanes) is 1. The van der Waals surface area contributed by atoms with Crippen molar-refractivity contribution in [3.05, 3.63) is 23.1 Å². The molecular weight excluding hydrogens is 272 g/mol. The molecule has 0 aromatic carbocycles. The predicted octanol–water partition coefficient (Wildman–Crippen LogP) is 4.24. The van der Waals surface area contributed by atoms with E-state index in [2.05, 4.69) is 22.2 Å². The molecule has 0 amide bonds. The minimum Gasteiger partial charge on any atom is -0.196 e. The van der Waals surface area contributed by atoms with Gasteiger partial charge in [-0.2, -0.15) is 9.61 Å². The van der Waals surface area contributed by atoms with E-state index in [0.29, 0.717) is 11.1 Å². The Bertz CT molecular complexity index is 572. The summed E-state index contributed by atoms with van der Waals surface area (Å²) in [7, 11) is 0. The second-order valence-electron chi connectivity index (χ2n) is 5.84. The van der Waals surface area contributed by atoms with E-state index in [9.17, 15) is 0 Å².